The third-order valence-electron chi connectivity index (χ3n) is 3.09. The van der Waals surface area contributed by atoms with Gasteiger partial charge in [0.2, 0.25) is 0 Å². The molecular weight excluding hydrogens is 272 g/mol. The van der Waals surface area contributed by atoms with Gasteiger partial charge in [0.1, 0.15) is 23.0 Å². The van der Waals surface area contributed by atoms with Gasteiger partial charge in [-0.3, -0.25) is 4.79 Å². The summed E-state index contributed by atoms with van der Waals surface area (Å²) in [5.41, 5.74) is -0.141. The highest BCUT2D eigenvalue weighted by Crippen LogP contribution is 2.44. The number of fused-ring (bicyclic) bond motifs is 1. The second-order valence-electron chi connectivity index (χ2n) is 5.11. The highest BCUT2D eigenvalue weighted by molar-refractivity contribution is 6.13. The lowest BCUT2D eigenvalue weighted by Gasteiger charge is -2.11. The minimum atomic E-state index is -0.499. The van der Waals surface area contributed by atoms with Gasteiger partial charge in [0, 0.05) is 0 Å². The molecule has 0 aliphatic rings. The number of hydrogen-bond acceptors (Lipinski definition) is 5. The Bertz CT molecular complexity index is 744. The number of benzene rings is 2. The maximum absolute atomic E-state index is 12.1. The molecule has 0 spiro atoms. The standard InChI is InChI=1S/C16H16O5/c1-8(2)3-4-10(17)9-7-13(20)14-11(18)5-6-12(19)15(14)16(9)21/h3-8,18-21H,1-2H3/b4-3+. The maximum Gasteiger partial charge on any atom is 0.189 e. The quantitative estimate of drug-likeness (QED) is 0.395. The van der Waals surface area contributed by atoms with Crippen molar-refractivity contribution in [3.63, 3.8) is 0 Å². The molecule has 0 bridgehead atoms. The summed E-state index contributed by atoms with van der Waals surface area (Å²) in [6.45, 7) is 3.79. The van der Waals surface area contributed by atoms with Crippen molar-refractivity contribution in [1.82, 2.24) is 0 Å². The van der Waals surface area contributed by atoms with Crippen molar-refractivity contribution < 1.29 is 25.2 Å². The van der Waals surface area contributed by atoms with E-state index in [9.17, 15) is 25.2 Å². The van der Waals surface area contributed by atoms with Gasteiger partial charge in [0.25, 0.3) is 0 Å². The summed E-state index contributed by atoms with van der Waals surface area (Å²) < 4.78 is 0. The minimum Gasteiger partial charge on any atom is -0.507 e. The summed E-state index contributed by atoms with van der Waals surface area (Å²) in [6.07, 6.45) is 2.95. The number of carbonyl (C=O) groups is 1. The number of rotatable bonds is 3. The van der Waals surface area contributed by atoms with Crippen LogP contribution >= 0.6 is 0 Å². The van der Waals surface area contributed by atoms with Crippen molar-refractivity contribution in [2.45, 2.75) is 13.8 Å². The van der Waals surface area contributed by atoms with Crippen LogP contribution in [0, 0.1) is 5.92 Å². The third kappa shape index (κ3) is 2.63. The van der Waals surface area contributed by atoms with Crippen molar-refractivity contribution in [2.75, 3.05) is 0 Å². The first-order valence-electron chi connectivity index (χ1n) is 6.45. The molecule has 0 aliphatic heterocycles. The maximum atomic E-state index is 12.1. The average Bonchev–Trinajstić information content (AvgIpc) is 2.42. The number of phenolic OH excluding ortho intramolecular Hbond substituents is 4. The first-order valence-corrected chi connectivity index (χ1v) is 6.45. The Morgan fingerprint density at radius 2 is 1.57 bits per heavy atom. The lowest BCUT2D eigenvalue weighted by Crippen LogP contribution is -1.97. The Morgan fingerprint density at radius 1 is 1.00 bits per heavy atom. The molecule has 0 saturated heterocycles. The lowest BCUT2D eigenvalue weighted by atomic mass is 9.99. The van der Waals surface area contributed by atoms with E-state index in [0.29, 0.717) is 0 Å². The van der Waals surface area contributed by atoms with Gasteiger partial charge in [-0.15, -0.1) is 0 Å². The number of ketones is 1. The van der Waals surface area contributed by atoms with E-state index >= 15 is 0 Å². The zero-order valence-corrected chi connectivity index (χ0v) is 11.7. The van der Waals surface area contributed by atoms with Crippen LogP contribution in [0.5, 0.6) is 23.0 Å². The number of allylic oxidation sites excluding steroid dienone is 2. The molecule has 110 valence electrons. The van der Waals surface area contributed by atoms with Gasteiger partial charge in [-0.25, -0.2) is 0 Å². The van der Waals surface area contributed by atoms with Gasteiger partial charge in [-0.1, -0.05) is 19.9 Å². The fourth-order valence-electron chi connectivity index (χ4n) is 2.05. The topological polar surface area (TPSA) is 98.0 Å². The van der Waals surface area contributed by atoms with Gasteiger partial charge in [0.15, 0.2) is 5.78 Å². The predicted octanol–water partition coefficient (Wildman–Crippen LogP) is 3.06. The molecule has 0 heterocycles. The second kappa shape index (κ2) is 5.36. The van der Waals surface area contributed by atoms with Crippen molar-refractivity contribution in [3.05, 3.63) is 35.9 Å². The molecule has 0 amide bonds. The summed E-state index contributed by atoms with van der Waals surface area (Å²) >= 11 is 0. The molecule has 0 fully saturated rings. The highest BCUT2D eigenvalue weighted by atomic mass is 16.3. The molecule has 0 aromatic heterocycles. The molecular formula is C16H16O5. The van der Waals surface area contributed by atoms with Crippen molar-refractivity contribution >= 4 is 16.6 Å². The smallest absolute Gasteiger partial charge is 0.189 e. The van der Waals surface area contributed by atoms with Crippen molar-refractivity contribution in [3.8, 4) is 23.0 Å². The van der Waals surface area contributed by atoms with E-state index in [1.54, 1.807) is 6.08 Å². The van der Waals surface area contributed by atoms with E-state index in [2.05, 4.69) is 0 Å². The molecule has 2 rings (SSSR count). The Labute approximate surface area is 121 Å². The fourth-order valence-corrected chi connectivity index (χ4v) is 2.05. The molecule has 0 saturated carbocycles. The number of hydrogen-bond donors (Lipinski definition) is 4. The van der Waals surface area contributed by atoms with Gasteiger partial charge in [-0.2, -0.15) is 0 Å². The second-order valence-corrected chi connectivity index (χ2v) is 5.11. The molecule has 0 atom stereocenters. The van der Waals surface area contributed by atoms with E-state index in [1.807, 2.05) is 13.8 Å². The third-order valence-corrected chi connectivity index (χ3v) is 3.09. The van der Waals surface area contributed by atoms with E-state index < -0.39 is 17.3 Å². The van der Waals surface area contributed by atoms with Crippen LogP contribution in [0.2, 0.25) is 0 Å². The van der Waals surface area contributed by atoms with Crippen LogP contribution in [0.4, 0.5) is 0 Å². The van der Waals surface area contributed by atoms with Crippen molar-refractivity contribution in [2.24, 2.45) is 5.92 Å². The molecule has 2 aromatic rings. The monoisotopic (exact) mass is 288 g/mol. The number of carbonyl (C=O) groups excluding carboxylic acids is 1. The predicted molar refractivity (Wildman–Crippen MR) is 78.9 cm³/mol. The van der Waals surface area contributed by atoms with Crippen LogP contribution in [0.3, 0.4) is 0 Å². The fraction of sp³-hybridized carbons (Fsp3) is 0.188. The summed E-state index contributed by atoms with van der Waals surface area (Å²) in [7, 11) is 0. The Hall–Kier alpha value is -2.69. The Balaban J connectivity index is 2.71. The zero-order valence-electron chi connectivity index (χ0n) is 11.7. The first kappa shape index (κ1) is 14.7. The normalized spacial score (nSPS) is 11.6. The summed E-state index contributed by atoms with van der Waals surface area (Å²) in [5, 5.41) is 39.4. The SMILES string of the molecule is CC(C)/C=C/C(=O)c1cc(O)c2c(O)ccc(O)c2c1O. The number of phenols is 4. The van der Waals surface area contributed by atoms with Crippen LogP contribution in [-0.4, -0.2) is 26.2 Å². The Kier molecular flexibility index (Phi) is 3.76. The summed E-state index contributed by atoms with van der Waals surface area (Å²) in [5.74, 6) is -1.85. The lowest BCUT2D eigenvalue weighted by molar-refractivity contribution is 0.104. The van der Waals surface area contributed by atoms with Crippen molar-refractivity contribution in [1.29, 1.82) is 0 Å². The van der Waals surface area contributed by atoms with Gasteiger partial charge in [-0.05, 0) is 30.2 Å². The molecule has 5 heteroatoms. The minimum absolute atomic E-state index is 0.100. The summed E-state index contributed by atoms with van der Waals surface area (Å²) in [4.78, 5) is 12.1. The largest absolute Gasteiger partial charge is 0.507 e. The van der Waals surface area contributed by atoms with Crippen LogP contribution in [0.1, 0.15) is 24.2 Å². The van der Waals surface area contributed by atoms with E-state index in [1.165, 1.54) is 18.2 Å². The molecule has 4 N–H and O–H groups in total. The first-order chi connectivity index (χ1) is 9.82. The molecule has 0 aliphatic carbocycles. The van der Waals surface area contributed by atoms with Gasteiger partial charge < -0.3 is 20.4 Å². The highest BCUT2D eigenvalue weighted by Gasteiger charge is 2.20. The molecule has 2 aromatic carbocycles. The molecule has 21 heavy (non-hydrogen) atoms. The van der Waals surface area contributed by atoms with Crippen LogP contribution < -0.4 is 0 Å². The molecule has 0 unspecified atom stereocenters. The molecule has 0 radical (unpaired) electrons. The number of aromatic hydroxyl groups is 4. The molecule has 5 nitrogen and oxygen atoms in total. The summed E-state index contributed by atoms with van der Waals surface area (Å²) in [6, 6.07) is 3.44. The zero-order chi connectivity index (χ0) is 15.7. The van der Waals surface area contributed by atoms with Gasteiger partial charge >= 0.3 is 0 Å². The average molecular weight is 288 g/mol. The van der Waals surface area contributed by atoms with Crippen LogP contribution in [0.15, 0.2) is 30.4 Å². The van der Waals surface area contributed by atoms with Gasteiger partial charge in [0.05, 0.1) is 16.3 Å². The van der Waals surface area contributed by atoms with Crippen LogP contribution in [0.25, 0.3) is 10.8 Å². The van der Waals surface area contributed by atoms with Crippen LogP contribution in [-0.2, 0) is 0 Å². The van der Waals surface area contributed by atoms with E-state index in [0.717, 1.165) is 6.07 Å². The van der Waals surface area contributed by atoms with E-state index in [4.69, 9.17) is 0 Å². The Morgan fingerprint density at radius 3 is 2.14 bits per heavy atom. The van der Waals surface area contributed by atoms with E-state index in [-0.39, 0.29) is 33.8 Å².